The molecule has 1 aliphatic rings. The van der Waals surface area contributed by atoms with Crippen LogP contribution in [0.4, 0.5) is 5.69 Å². The van der Waals surface area contributed by atoms with E-state index >= 15 is 0 Å². The van der Waals surface area contributed by atoms with Crippen LogP contribution in [0.1, 0.15) is 30.5 Å². The van der Waals surface area contributed by atoms with E-state index in [1.807, 2.05) is 18.5 Å². The van der Waals surface area contributed by atoms with Crippen LogP contribution in [0.3, 0.4) is 0 Å². The maximum Gasteiger partial charge on any atom is 0.0708 e. The van der Waals surface area contributed by atoms with Gasteiger partial charge in [0.1, 0.15) is 0 Å². The molecule has 0 amide bonds. The number of nitrogens with two attached hydrogens (primary N) is 1. The number of pyridine rings is 1. The van der Waals surface area contributed by atoms with Gasteiger partial charge < -0.3 is 10.6 Å². The summed E-state index contributed by atoms with van der Waals surface area (Å²) >= 11 is 0. The van der Waals surface area contributed by atoms with Gasteiger partial charge in [0.25, 0.3) is 0 Å². The van der Waals surface area contributed by atoms with Crippen LogP contribution in [-0.2, 0) is 6.42 Å². The lowest BCUT2D eigenvalue weighted by atomic mass is 9.97. The highest BCUT2D eigenvalue weighted by molar-refractivity contribution is 5.59. The molecule has 2 N–H and O–H groups in total. The zero-order valence-corrected chi connectivity index (χ0v) is 11.9. The van der Waals surface area contributed by atoms with Crippen LogP contribution >= 0.6 is 0 Å². The Morgan fingerprint density at radius 3 is 2.85 bits per heavy atom. The number of benzene rings is 1. The third kappa shape index (κ3) is 2.29. The van der Waals surface area contributed by atoms with Gasteiger partial charge in [-0.3, -0.25) is 4.98 Å². The fraction of sp³-hybridized carbons (Fsp3) is 0.353. The molecule has 0 fully saturated rings. The Morgan fingerprint density at radius 2 is 2.10 bits per heavy atom. The number of hydrogen-bond acceptors (Lipinski definition) is 3. The third-order valence-electron chi connectivity index (χ3n) is 4.16. The van der Waals surface area contributed by atoms with Crippen LogP contribution in [0.25, 0.3) is 0 Å². The van der Waals surface area contributed by atoms with Crippen molar-refractivity contribution in [3.05, 3.63) is 59.9 Å². The number of hydrogen-bond donors (Lipinski definition) is 1. The van der Waals surface area contributed by atoms with E-state index in [0.29, 0.717) is 0 Å². The lowest BCUT2D eigenvalue weighted by molar-refractivity contribution is 0.497. The normalized spacial score (nSPS) is 16.8. The lowest BCUT2D eigenvalue weighted by Crippen LogP contribution is -2.40. The summed E-state index contributed by atoms with van der Waals surface area (Å²) in [6, 6.07) is 13.1. The highest BCUT2D eigenvalue weighted by Gasteiger charge is 2.30. The molecule has 0 saturated carbocycles. The molecule has 3 heteroatoms. The summed E-state index contributed by atoms with van der Waals surface area (Å²) in [5, 5.41) is 0. The summed E-state index contributed by atoms with van der Waals surface area (Å²) in [7, 11) is 0. The molecule has 2 aromatic rings. The van der Waals surface area contributed by atoms with Gasteiger partial charge in [-0.25, -0.2) is 0 Å². The van der Waals surface area contributed by atoms with E-state index < -0.39 is 0 Å². The zero-order valence-electron chi connectivity index (χ0n) is 11.9. The second-order valence-corrected chi connectivity index (χ2v) is 5.38. The molecule has 0 bridgehead atoms. The zero-order chi connectivity index (χ0) is 13.9. The van der Waals surface area contributed by atoms with Gasteiger partial charge in [-0.15, -0.1) is 0 Å². The van der Waals surface area contributed by atoms with Crippen molar-refractivity contribution in [1.29, 1.82) is 0 Å². The monoisotopic (exact) mass is 267 g/mol. The third-order valence-corrected chi connectivity index (χ3v) is 4.16. The molecule has 3 rings (SSSR count). The van der Waals surface area contributed by atoms with Gasteiger partial charge in [-0.1, -0.05) is 31.2 Å². The van der Waals surface area contributed by atoms with Gasteiger partial charge in [0.2, 0.25) is 0 Å². The molecule has 1 aromatic heterocycles. The summed E-state index contributed by atoms with van der Waals surface area (Å²) in [5.74, 6) is 0. The molecule has 2 atom stereocenters. The summed E-state index contributed by atoms with van der Waals surface area (Å²) in [5.41, 5.74) is 10.4. The van der Waals surface area contributed by atoms with Crippen LogP contribution in [0, 0.1) is 0 Å². The van der Waals surface area contributed by atoms with Gasteiger partial charge in [0, 0.05) is 30.7 Å². The Labute approximate surface area is 120 Å². The number of anilines is 1. The van der Waals surface area contributed by atoms with Crippen LogP contribution < -0.4 is 10.6 Å². The molecule has 104 valence electrons. The average molecular weight is 267 g/mol. The molecule has 1 aromatic carbocycles. The van der Waals surface area contributed by atoms with Gasteiger partial charge >= 0.3 is 0 Å². The molecule has 0 saturated heterocycles. The van der Waals surface area contributed by atoms with E-state index in [-0.39, 0.29) is 12.1 Å². The molecule has 1 aliphatic heterocycles. The van der Waals surface area contributed by atoms with Gasteiger partial charge in [0.15, 0.2) is 0 Å². The minimum atomic E-state index is 0.116. The summed E-state index contributed by atoms with van der Waals surface area (Å²) < 4.78 is 0. The van der Waals surface area contributed by atoms with Crippen molar-refractivity contribution >= 4 is 5.69 Å². The van der Waals surface area contributed by atoms with Gasteiger partial charge in [-0.05, 0) is 36.1 Å². The van der Waals surface area contributed by atoms with E-state index in [9.17, 15) is 0 Å². The molecule has 20 heavy (non-hydrogen) atoms. The molecule has 0 spiro atoms. The van der Waals surface area contributed by atoms with E-state index in [0.717, 1.165) is 19.4 Å². The Morgan fingerprint density at radius 1 is 1.25 bits per heavy atom. The van der Waals surface area contributed by atoms with Gasteiger partial charge in [0.05, 0.1) is 6.04 Å². The fourth-order valence-electron chi connectivity index (χ4n) is 3.09. The molecular formula is C17H21N3. The predicted octanol–water partition coefficient (Wildman–Crippen LogP) is 2.92. The van der Waals surface area contributed by atoms with Crippen LogP contribution in [0.2, 0.25) is 0 Å². The number of rotatable bonds is 4. The minimum Gasteiger partial charge on any atom is -0.362 e. The van der Waals surface area contributed by atoms with Crippen molar-refractivity contribution in [2.75, 3.05) is 11.4 Å². The highest BCUT2D eigenvalue weighted by Crippen LogP contribution is 2.36. The van der Waals surface area contributed by atoms with E-state index in [2.05, 4.69) is 47.1 Å². The Hall–Kier alpha value is -1.87. The van der Waals surface area contributed by atoms with Crippen molar-refractivity contribution in [2.45, 2.75) is 31.8 Å². The number of fused-ring (bicyclic) bond motifs is 1. The first-order valence-corrected chi connectivity index (χ1v) is 7.31. The largest absolute Gasteiger partial charge is 0.362 e. The molecule has 2 unspecified atom stereocenters. The van der Waals surface area contributed by atoms with E-state index in [1.165, 1.54) is 16.8 Å². The predicted molar refractivity (Wildman–Crippen MR) is 82.7 cm³/mol. The van der Waals surface area contributed by atoms with Crippen molar-refractivity contribution in [3.8, 4) is 0 Å². The number of para-hydroxylation sites is 1. The molecule has 0 aliphatic carbocycles. The van der Waals surface area contributed by atoms with Crippen molar-refractivity contribution in [1.82, 2.24) is 4.98 Å². The fourth-order valence-corrected chi connectivity index (χ4v) is 3.09. The summed E-state index contributed by atoms with van der Waals surface area (Å²) in [4.78, 5) is 6.71. The molecule has 3 nitrogen and oxygen atoms in total. The summed E-state index contributed by atoms with van der Waals surface area (Å²) in [6.45, 7) is 3.18. The SMILES string of the molecule is CCC(N)C(c1cccnc1)N1CCc2ccccc21. The number of aromatic nitrogens is 1. The topological polar surface area (TPSA) is 42.1 Å². The van der Waals surface area contributed by atoms with E-state index in [1.54, 1.807) is 0 Å². The van der Waals surface area contributed by atoms with Crippen LogP contribution in [0.5, 0.6) is 0 Å². The minimum absolute atomic E-state index is 0.116. The Bertz CT molecular complexity index is 567. The summed E-state index contributed by atoms with van der Waals surface area (Å²) in [6.07, 6.45) is 5.82. The standard InChI is InChI=1S/C17H21N3/c1-2-15(18)17(14-7-5-10-19-12-14)20-11-9-13-6-3-4-8-16(13)20/h3-8,10,12,15,17H,2,9,11,18H2,1H3. The smallest absolute Gasteiger partial charge is 0.0708 e. The molecule has 2 heterocycles. The van der Waals surface area contributed by atoms with Crippen molar-refractivity contribution in [2.24, 2.45) is 5.73 Å². The first-order chi connectivity index (χ1) is 9.81. The molecular weight excluding hydrogens is 246 g/mol. The number of nitrogens with zero attached hydrogens (tertiary/aromatic N) is 2. The second-order valence-electron chi connectivity index (χ2n) is 5.38. The Balaban J connectivity index is 2.00. The first kappa shape index (κ1) is 13.1. The average Bonchev–Trinajstić information content (AvgIpc) is 2.92. The Kier molecular flexibility index (Phi) is 3.70. The van der Waals surface area contributed by atoms with Crippen LogP contribution in [-0.4, -0.2) is 17.6 Å². The maximum atomic E-state index is 6.42. The highest BCUT2D eigenvalue weighted by atomic mass is 15.2. The maximum absolute atomic E-state index is 6.42. The lowest BCUT2D eigenvalue weighted by Gasteiger charge is -2.34. The van der Waals surface area contributed by atoms with Crippen molar-refractivity contribution in [3.63, 3.8) is 0 Å². The first-order valence-electron chi connectivity index (χ1n) is 7.31. The quantitative estimate of drug-likeness (QED) is 0.926. The molecule has 0 radical (unpaired) electrons. The second kappa shape index (κ2) is 5.63. The van der Waals surface area contributed by atoms with Gasteiger partial charge in [-0.2, -0.15) is 0 Å². The van der Waals surface area contributed by atoms with E-state index in [4.69, 9.17) is 5.73 Å². The van der Waals surface area contributed by atoms with Crippen LogP contribution in [0.15, 0.2) is 48.8 Å². The van der Waals surface area contributed by atoms with Crippen molar-refractivity contribution < 1.29 is 0 Å².